The van der Waals surface area contributed by atoms with Gasteiger partial charge in [0, 0.05) is 41.5 Å². The summed E-state index contributed by atoms with van der Waals surface area (Å²) in [5.74, 6) is 0.702. The van der Waals surface area contributed by atoms with Crippen LogP contribution in [-0.2, 0) is 0 Å². The minimum atomic E-state index is 0.702. The second-order valence-corrected chi connectivity index (χ2v) is 9.66. The molecule has 0 atom stereocenters. The van der Waals surface area contributed by atoms with Crippen LogP contribution in [0.4, 0.5) is 0 Å². The van der Waals surface area contributed by atoms with E-state index in [0.717, 1.165) is 55.7 Å². The maximum atomic E-state index is 5.04. The van der Waals surface area contributed by atoms with E-state index in [2.05, 4.69) is 113 Å². The first-order chi connectivity index (χ1) is 19.8. The number of hydrogen-bond acceptors (Lipinski definition) is 4. The summed E-state index contributed by atoms with van der Waals surface area (Å²) in [6, 6.07) is 41.9. The quantitative estimate of drug-likeness (QED) is 0.231. The van der Waals surface area contributed by atoms with Crippen molar-refractivity contribution in [1.82, 2.24) is 19.9 Å². The van der Waals surface area contributed by atoms with Crippen molar-refractivity contribution in [2.24, 2.45) is 0 Å². The summed E-state index contributed by atoms with van der Waals surface area (Å²) in [5, 5.41) is 2.36. The van der Waals surface area contributed by atoms with Gasteiger partial charge in [-0.1, -0.05) is 91.0 Å². The molecule has 0 aliphatic rings. The number of rotatable bonds is 5. The van der Waals surface area contributed by atoms with Gasteiger partial charge in [0.2, 0.25) is 0 Å². The number of benzene rings is 4. The molecule has 0 aliphatic heterocycles. The average Bonchev–Trinajstić information content (AvgIpc) is 3.05. The topological polar surface area (TPSA) is 51.6 Å². The lowest BCUT2D eigenvalue weighted by atomic mass is 10.0. The number of nitrogens with zero attached hydrogens (tertiary/aromatic N) is 4. The summed E-state index contributed by atoms with van der Waals surface area (Å²) in [4.78, 5) is 18.5. The average molecular weight is 513 g/mol. The molecule has 7 aromatic rings. The third kappa shape index (κ3) is 4.74. The number of aromatic nitrogens is 4. The van der Waals surface area contributed by atoms with Crippen molar-refractivity contribution < 1.29 is 0 Å². The smallest absolute Gasteiger partial charge is 0.160 e. The first-order valence-electron chi connectivity index (χ1n) is 13.2. The molecule has 0 amide bonds. The molecule has 40 heavy (non-hydrogen) atoms. The van der Waals surface area contributed by atoms with Crippen LogP contribution >= 0.6 is 0 Å². The van der Waals surface area contributed by atoms with E-state index in [0.29, 0.717) is 5.82 Å². The van der Waals surface area contributed by atoms with Gasteiger partial charge in [-0.05, 0) is 63.4 Å². The molecular formula is C36H24N4. The first kappa shape index (κ1) is 23.6. The molecule has 4 heteroatoms. The largest absolute Gasteiger partial charge is 0.265 e. The predicted octanol–water partition coefficient (Wildman–Crippen LogP) is 8.75. The summed E-state index contributed by atoms with van der Waals surface area (Å²) in [5.41, 5.74) is 9.30. The molecular weight excluding hydrogens is 488 g/mol. The highest BCUT2D eigenvalue weighted by molar-refractivity contribution is 5.87. The summed E-state index contributed by atoms with van der Waals surface area (Å²) < 4.78 is 0. The minimum Gasteiger partial charge on any atom is -0.265 e. The fourth-order valence-electron chi connectivity index (χ4n) is 4.95. The number of hydrogen-bond donors (Lipinski definition) is 0. The van der Waals surface area contributed by atoms with Crippen molar-refractivity contribution in [3.8, 4) is 56.2 Å². The van der Waals surface area contributed by atoms with Crippen LogP contribution in [0.25, 0.3) is 66.9 Å². The molecule has 3 aromatic heterocycles. The fourth-order valence-corrected chi connectivity index (χ4v) is 4.95. The minimum absolute atomic E-state index is 0.702. The molecule has 0 saturated carbocycles. The molecule has 0 radical (unpaired) electrons. The highest BCUT2D eigenvalue weighted by Crippen LogP contribution is 2.31. The van der Waals surface area contributed by atoms with Crippen molar-refractivity contribution in [3.05, 3.63) is 146 Å². The summed E-state index contributed by atoms with van der Waals surface area (Å²) in [6.45, 7) is 0. The van der Waals surface area contributed by atoms with Crippen LogP contribution in [0.5, 0.6) is 0 Å². The Morgan fingerprint density at radius 1 is 0.350 bits per heavy atom. The number of pyridine rings is 2. The van der Waals surface area contributed by atoms with Gasteiger partial charge in [-0.2, -0.15) is 0 Å². The van der Waals surface area contributed by atoms with Crippen LogP contribution in [-0.4, -0.2) is 19.9 Å². The Morgan fingerprint density at radius 2 is 0.925 bits per heavy atom. The lowest BCUT2D eigenvalue weighted by Crippen LogP contribution is -1.96. The predicted molar refractivity (Wildman–Crippen MR) is 162 cm³/mol. The van der Waals surface area contributed by atoms with Gasteiger partial charge in [0.25, 0.3) is 0 Å². The lowest BCUT2D eigenvalue weighted by molar-refractivity contribution is 1.18. The van der Waals surface area contributed by atoms with E-state index in [1.807, 2.05) is 36.8 Å². The van der Waals surface area contributed by atoms with Gasteiger partial charge >= 0.3 is 0 Å². The highest BCUT2D eigenvalue weighted by Gasteiger charge is 2.12. The molecule has 0 fully saturated rings. The molecule has 4 aromatic carbocycles. The molecule has 188 valence electrons. The van der Waals surface area contributed by atoms with Crippen molar-refractivity contribution >= 4 is 10.8 Å². The van der Waals surface area contributed by atoms with Gasteiger partial charge in [0.05, 0.1) is 11.4 Å². The van der Waals surface area contributed by atoms with E-state index in [4.69, 9.17) is 9.97 Å². The van der Waals surface area contributed by atoms with Crippen LogP contribution in [0, 0.1) is 0 Å². The Hall–Kier alpha value is -5.48. The van der Waals surface area contributed by atoms with Crippen molar-refractivity contribution in [1.29, 1.82) is 0 Å². The third-order valence-electron chi connectivity index (χ3n) is 7.10. The zero-order chi connectivity index (χ0) is 26.7. The zero-order valence-electron chi connectivity index (χ0n) is 21.6. The Morgan fingerprint density at radius 3 is 1.57 bits per heavy atom. The molecule has 7 rings (SSSR count). The maximum absolute atomic E-state index is 5.04. The van der Waals surface area contributed by atoms with E-state index >= 15 is 0 Å². The van der Waals surface area contributed by atoms with Gasteiger partial charge in [-0.3, -0.25) is 9.97 Å². The van der Waals surface area contributed by atoms with Gasteiger partial charge in [-0.15, -0.1) is 0 Å². The van der Waals surface area contributed by atoms with E-state index < -0.39 is 0 Å². The number of fused-ring (bicyclic) bond motifs is 1. The molecule has 3 heterocycles. The van der Waals surface area contributed by atoms with E-state index in [1.54, 1.807) is 6.20 Å². The molecule has 0 bridgehead atoms. The van der Waals surface area contributed by atoms with Gasteiger partial charge in [0.1, 0.15) is 0 Å². The molecule has 0 spiro atoms. The van der Waals surface area contributed by atoms with Crippen molar-refractivity contribution in [2.45, 2.75) is 0 Å². The normalized spacial score (nSPS) is 11.0. The maximum Gasteiger partial charge on any atom is 0.160 e. The van der Waals surface area contributed by atoms with Gasteiger partial charge < -0.3 is 0 Å². The molecule has 0 N–H and O–H groups in total. The van der Waals surface area contributed by atoms with Crippen molar-refractivity contribution in [2.75, 3.05) is 0 Å². The Balaban J connectivity index is 1.33. The Bertz CT molecular complexity index is 1810. The van der Waals surface area contributed by atoms with Crippen LogP contribution < -0.4 is 0 Å². The SMILES string of the molecule is c1cncc(-c2ccc(-c3cc(-c4ccc(-c5ccncc5)cc4)nc(-c4ccc5ccccc5c4)n3)cc2)c1. The van der Waals surface area contributed by atoms with Crippen LogP contribution in [0.1, 0.15) is 0 Å². The molecule has 0 saturated heterocycles. The lowest BCUT2D eigenvalue weighted by Gasteiger charge is -2.11. The second kappa shape index (κ2) is 10.4. The molecule has 4 nitrogen and oxygen atoms in total. The van der Waals surface area contributed by atoms with Crippen LogP contribution in [0.3, 0.4) is 0 Å². The second-order valence-electron chi connectivity index (χ2n) is 9.66. The third-order valence-corrected chi connectivity index (χ3v) is 7.10. The van der Waals surface area contributed by atoms with E-state index in [-0.39, 0.29) is 0 Å². The summed E-state index contributed by atoms with van der Waals surface area (Å²) in [6.07, 6.45) is 7.30. The fraction of sp³-hybridized carbons (Fsp3) is 0. The summed E-state index contributed by atoms with van der Waals surface area (Å²) >= 11 is 0. The Labute approximate surface area is 232 Å². The molecule has 0 unspecified atom stereocenters. The summed E-state index contributed by atoms with van der Waals surface area (Å²) in [7, 11) is 0. The van der Waals surface area contributed by atoms with Crippen LogP contribution in [0.15, 0.2) is 146 Å². The Kier molecular flexibility index (Phi) is 6.11. The van der Waals surface area contributed by atoms with Gasteiger partial charge in [0.15, 0.2) is 5.82 Å². The molecule has 0 aliphatic carbocycles. The van der Waals surface area contributed by atoms with Gasteiger partial charge in [-0.25, -0.2) is 9.97 Å². The first-order valence-corrected chi connectivity index (χ1v) is 13.2. The zero-order valence-corrected chi connectivity index (χ0v) is 21.6. The monoisotopic (exact) mass is 512 g/mol. The van der Waals surface area contributed by atoms with Crippen molar-refractivity contribution in [3.63, 3.8) is 0 Å². The highest BCUT2D eigenvalue weighted by atomic mass is 14.9. The van der Waals surface area contributed by atoms with E-state index in [9.17, 15) is 0 Å². The van der Waals surface area contributed by atoms with Crippen LogP contribution in [0.2, 0.25) is 0 Å². The van der Waals surface area contributed by atoms with E-state index in [1.165, 1.54) is 5.39 Å². The standard InChI is InChI=1S/C36H24N4/c1-2-5-31-22-32(16-11-25(31)4-1)36-39-34(29-12-7-26(8-13-29)28-17-20-37-21-18-28)23-35(40-36)30-14-9-27(10-15-30)33-6-3-19-38-24-33/h1-24H.